The van der Waals surface area contributed by atoms with E-state index in [9.17, 15) is 9.90 Å². The summed E-state index contributed by atoms with van der Waals surface area (Å²) in [7, 11) is 0. The number of nitrogens with one attached hydrogen (secondary N) is 1. The van der Waals surface area contributed by atoms with E-state index in [1.54, 1.807) is 11.0 Å². The van der Waals surface area contributed by atoms with Crippen LogP contribution in [0, 0.1) is 5.92 Å². The first-order chi connectivity index (χ1) is 13.0. The number of nitrogens with zero attached hydrogens (tertiary/aromatic N) is 2. The third-order valence-electron chi connectivity index (χ3n) is 4.38. The summed E-state index contributed by atoms with van der Waals surface area (Å²) in [5.41, 5.74) is 0.0139. The number of rotatable bonds is 6. The van der Waals surface area contributed by atoms with Gasteiger partial charge >= 0.3 is 0 Å². The Labute approximate surface area is 159 Å². The van der Waals surface area contributed by atoms with E-state index >= 15 is 0 Å². The maximum atomic E-state index is 12.8. The first kappa shape index (κ1) is 19.4. The minimum atomic E-state index is -1.28. The molecule has 1 saturated heterocycles. The highest BCUT2D eigenvalue weighted by Crippen LogP contribution is 2.18. The fourth-order valence-electron chi connectivity index (χ4n) is 3.09. The molecule has 1 atom stereocenters. The Balaban J connectivity index is 1.66. The third-order valence-corrected chi connectivity index (χ3v) is 4.38. The molecule has 0 saturated carbocycles. The number of carbonyl (C=O) groups excluding carboxylic acids is 1. The van der Waals surface area contributed by atoms with Gasteiger partial charge in [-0.05, 0) is 30.5 Å². The Kier molecular flexibility index (Phi) is 6.13. The Morgan fingerprint density at radius 1 is 1.41 bits per heavy atom. The number of benzene rings is 1. The lowest BCUT2D eigenvalue weighted by Gasteiger charge is -2.30. The number of carbonyl (C=O) groups is 1. The zero-order valence-corrected chi connectivity index (χ0v) is 15.9. The maximum absolute atomic E-state index is 12.8. The highest BCUT2D eigenvalue weighted by Gasteiger charge is 2.36. The summed E-state index contributed by atoms with van der Waals surface area (Å²) >= 11 is 0. The highest BCUT2D eigenvalue weighted by molar-refractivity contribution is 5.92. The molecule has 3 rings (SSSR count). The van der Waals surface area contributed by atoms with Gasteiger partial charge < -0.3 is 19.5 Å². The second-order valence-corrected chi connectivity index (χ2v) is 7.48. The Bertz CT molecular complexity index is 747. The van der Waals surface area contributed by atoms with Gasteiger partial charge in [-0.2, -0.15) is 5.10 Å². The van der Waals surface area contributed by atoms with Gasteiger partial charge in [0.05, 0.1) is 19.8 Å². The van der Waals surface area contributed by atoms with Crippen LogP contribution >= 0.6 is 0 Å². The number of para-hydroxylation sites is 1. The lowest BCUT2D eigenvalue weighted by Crippen LogP contribution is -2.50. The lowest BCUT2D eigenvalue weighted by atomic mass is 10.1. The van der Waals surface area contributed by atoms with Crippen molar-refractivity contribution in [2.75, 3.05) is 32.9 Å². The number of aliphatic hydroxyl groups is 1. The van der Waals surface area contributed by atoms with E-state index in [2.05, 4.69) is 24.0 Å². The summed E-state index contributed by atoms with van der Waals surface area (Å²) < 4.78 is 11.2. The van der Waals surface area contributed by atoms with E-state index in [1.807, 2.05) is 30.3 Å². The van der Waals surface area contributed by atoms with E-state index in [0.29, 0.717) is 30.5 Å². The number of H-pyrrole nitrogens is 1. The zero-order valence-electron chi connectivity index (χ0n) is 15.9. The molecule has 27 heavy (non-hydrogen) atoms. The number of aromatic nitrogens is 2. The van der Waals surface area contributed by atoms with Crippen LogP contribution in [-0.4, -0.2) is 64.6 Å². The number of β-amino-alcohol motifs (C(OH)–C–C–N with tert-alkyl or cyclic N) is 1. The van der Waals surface area contributed by atoms with Crippen LogP contribution in [-0.2, 0) is 11.2 Å². The van der Waals surface area contributed by atoms with Crippen LogP contribution in [0.3, 0.4) is 0 Å². The molecule has 0 aliphatic carbocycles. The molecule has 1 aromatic carbocycles. The van der Waals surface area contributed by atoms with Gasteiger partial charge in [0, 0.05) is 12.2 Å². The number of aromatic amines is 1. The van der Waals surface area contributed by atoms with Crippen molar-refractivity contribution in [1.82, 2.24) is 15.1 Å². The summed E-state index contributed by atoms with van der Waals surface area (Å²) in [6.07, 6.45) is 0.832. The lowest BCUT2D eigenvalue weighted by molar-refractivity contribution is -0.0621. The van der Waals surface area contributed by atoms with Gasteiger partial charge in [0.1, 0.15) is 23.7 Å². The van der Waals surface area contributed by atoms with Gasteiger partial charge in [0.25, 0.3) is 5.91 Å². The van der Waals surface area contributed by atoms with Gasteiger partial charge in [0.2, 0.25) is 0 Å². The molecular formula is C20H27N3O4. The largest absolute Gasteiger partial charge is 0.490 e. The second kappa shape index (κ2) is 8.54. The van der Waals surface area contributed by atoms with Crippen LogP contribution in [0.1, 0.15) is 30.0 Å². The standard InChI is InChI=1S/C20H27N3O4/c1-15(2)10-16-11-18(22-21-16)19(24)23-8-9-26-13-20(25,12-23)14-27-17-6-4-3-5-7-17/h3-7,11,15,25H,8-10,12-14H2,1-2H3,(H,21,22). The minimum absolute atomic E-state index is 0.0416. The van der Waals surface area contributed by atoms with E-state index in [4.69, 9.17) is 9.47 Å². The molecule has 2 aromatic rings. The van der Waals surface area contributed by atoms with Crippen molar-refractivity contribution >= 4 is 5.91 Å². The number of amides is 1. The molecule has 7 heteroatoms. The Morgan fingerprint density at radius 2 is 2.19 bits per heavy atom. The third kappa shape index (κ3) is 5.30. The summed E-state index contributed by atoms with van der Waals surface area (Å²) in [4.78, 5) is 14.4. The van der Waals surface area contributed by atoms with Crippen molar-refractivity contribution in [1.29, 1.82) is 0 Å². The van der Waals surface area contributed by atoms with Gasteiger partial charge in [0.15, 0.2) is 0 Å². The number of hydrogen-bond donors (Lipinski definition) is 2. The Hall–Kier alpha value is -2.38. The summed E-state index contributed by atoms with van der Waals surface area (Å²) in [5, 5.41) is 18.0. The topological polar surface area (TPSA) is 87.7 Å². The quantitative estimate of drug-likeness (QED) is 0.807. The highest BCUT2D eigenvalue weighted by atomic mass is 16.5. The minimum Gasteiger partial charge on any atom is -0.490 e. The molecule has 2 heterocycles. The molecule has 0 bridgehead atoms. The average Bonchev–Trinajstić information content (AvgIpc) is 3.01. The van der Waals surface area contributed by atoms with Crippen molar-refractivity contribution in [3.8, 4) is 5.75 Å². The van der Waals surface area contributed by atoms with Gasteiger partial charge in [-0.25, -0.2) is 0 Å². The van der Waals surface area contributed by atoms with Crippen LogP contribution < -0.4 is 4.74 Å². The van der Waals surface area contributed by atoms with Gasteiger partial charge in [-0.1, -0.05) is 32.0 Å². The predicted octanol–water partition coefficient (Wildman–Crippen LogP) is 1.89. The zero-order chi connectivity index (χ0) is 19.3. The van der Waals surface area contributed by atoms with E-state index in [1.165, 1.54) is 0 Å². The molecule has 146 valence electrons. The van der Waals surface area contributed by atoms with Crippen LogP contribution in [0.25, 0.3) is 0 Å². The number of ether oxygens (including phenoxy) is 2. The predicted molar refractivity (Wildman–Crippen MR) is 101 cm³/mol. The molecule has 1 aliphatic rings. The molecule has 0 spiro atoms. The normalized spacial score (nSPS) is 20.5. The fourth-order valence-corrected chi connectivity index (χ4v) is 3.09. The summed E-state index contributed by atoms with van der Waals surface area (Å²) in [6.45, 7) is 5.28. The molecule has 1 aromatic heterocycles. The van der Waals surface area contributed by atoms with E-state index in [-0.39, 0.29) is 25.7 Å². The van der Waals surface area contributed by atoms with Crippen LogP contribution in [0.15, 0.2) is 36.4 Å². The van der Waals surface area contributed by atoms with Crippen molar-refractivity contribution in [3.63, 3.8) is 0 Å². The molecule has 2 N–H and O–H groups in total. The van der Waals surface area contributed by atoms with Gasteiger partial charge in [-0.15, -0.1) is 0 Å². The second-order valence-electron chi connectivity index (χ2n) is 7.48. The first-order valence-corrected chi connectivity index (χ1v) is 9.27. The van der Waals surface area contributed by atoms with Crippen molar-refractivity contribution in [2.24, 2.45) is 5.92 Å². The average molecular weight is 373 g/mol. The van der Waals surface area contributed by atoms with Crippen molar-refractivity contribution in [3.05, 3.63) is 47.8 Å². The smallest absolute Gasteiger partial charge is 0.274 e. The van der Waals surface area contributed by atoms with Crippen molar-refractivity contribution < 1.29 is 19.4 Å². The first-order valence-electron chi connectivity index (χ1n) is 9.27. The van der Waals surface area contributed by atoms with Crippen LogP contribution in [0.2, 0.25) is 0 Å². The molecule has 1 fully saturated rings. The SMILES string of the molecule is CC(C)Cc1cc(C(=O)N2CCOCC(O)(COc3ccccc3)C2)n[nH]1. The molecule has 0 radical (unpaired) electrons. The van der Waals surface area contributed by atoms with E-state index in [0.717, 1.165) is 12.1 Å². The Morgan fingerprint density at radius 3 is 2.93 bits per heavy atom. The molecule has 7 nitrogen and oxygen atoms in total. The van der Waals surface area contributed by atoms with E-state index < -0.39 is 5.60 Å². The summed E-state index contributed by atoms with van der Waals surface area (Å²) in [6, 6.07) is 11.1. The molecule has 1 aliphatic heterocycles. The van der Waals surface area contributed by atoms with Crippen molar-refractivity contribution in [2.45, 2.75) is 25.9 Å². The van der Waals surface area contributed by atoms with Crippen LogP contribution in [0.4, 0.5) is 0 Å². The maximum Gasteiger partial charge on any atom is 0.274 e. The summed E-state index contributed by atoms with van der Waals surface area (Å²) in [5.74, 6) is 0.920. The van der Waals surface area contributed by atoms with Gasteiger partial charge in [-0.3, -0.25) is 9.89 Å². The monoisotopic (exact) mass is 373 g/mol. The molecule has 1 amide bonds. The fraction of sp³-hybridized carbons (Fsp3) is 0.500. The number of hydrogen-bond acceptors (Lipinski definition) is 5. The molecule has 1 unspecified atom stereocenters. The van der Waals surface area contributed by atoms with Crippen LogP contribution in [0.5, 0.6) is 5.75 Å². The molecular weight excluding hydrogens is 346 g/mol.